The van der Waals surface area contributed by atoms with E-state index < -0.39 is 6.09 Å². The Hall–Kier alpha value is -3.59. The van der Waals surface area contributed by atoms with Crippen LogP contribution in [0, 0.1) is 6.92 Å². The van der Waals surface area contributed by atoms with Crippen molar-refractivity contribution in [3.63, 3.8) is 0 Å². The van der Waals surface area contributed by atoms with E-state index in [2.05, 4.69) is 30.4 Å². The van der Waals surface area contributed by atoms with Gasteiger partial charge in [-0.3, -0.25) is 4.79 Å². The average molecular weight is 519 g/mol. The zero-order chi connectivity index (χ0) is 25.5. The van der Waals surface area contributed by atoms with Crippen LogP contribution in [0.4, 0.5) is 4.79 Å². The second-order valence-electron chi connectivity index (χ2n) is 10.0. The number of nitrogens with one attached hydrogen (secondary N) is 1. The van der Waals surface area contributed by atoms with Gasteiger partial charge in [-0.15, -0.1) is 11.3 Å². The Balaban J connectivity index is 1.18. The van der Waals surface area contributed by atoms with Crippen molar-refractivity contribution >= 4 is 34.4 Å². The van der Waals surface area contributed by atoms with Gasteiger partial charge in [-0.2, -0.15) is 0 Å². The molecule has 3 aromatic heterocycles. The number of amides is 2. The maximum Gasteiger partial charge on any atom is 0.413 e. The first-order valence-corrected chi connectivity index (χ1v) is 13.7. The first-order chi connectivity index (χ1) is 18.0. The number of nitrogens with zero attached hydrogens (tertiary/aromatic N) is 3. The zero-order valence-corrected chi connectivity index (χ0v) is 21.8. The van der Waals surface area contributed by atoms with Crippen molar-refractivity contribution < 1.29 is 18.7 Å². The molecule has 2 amide bonds. The van der Waals surface area contributed by atoms with Gasteiger partial charge in [-0.05, 0) is 44.6 Å². The Kier molecular flexibility index (Phi) is 6.24. The summed E-state index contributed by atoms with van der Waals surface area (Å²) in [5.74, 6) is 0.826. The highest BCUT2D eigenvalue weighted by Crippen LogP contribution is 2.45. The highest BCUT2D eigenvalue weighted by Gasteiger charge is 2.34. The number of piperidine rings is 1. The standard InChI is InChI=1S/C28H30N4O4S/c1-17-6-5-7-19(14-17)25-24(30-26(37-25)18-9-10-18)27(33)32-12-4-3-8-20(32)16-29-28(34)36-23-15-22-21(31(23)2)11-13-35-22/h5-7,11,13-15,18,20H,3-4,8-10,12,16H2,1-2H3,(H,29,34)/t20-/m0/s1. The summed E-state index contributed by atoms with van der Waals surface area (Å²) in [6, 6.07) is 11.7. The van der Waals surface area contributed by atoms with Crippen LogP contribution in [0.1, 0.15) is 59.1 Å². The molecule has 1 aliphatic heterocycles. The fourth-order valence-electron chi connectivity index (χ4n) is 5.04. The fraction of sp³-hybridized carbons (Fsp3) is 0.393. The molecule has 1 N–H and O–H groups in total. The minimum Gasteiger partial charge on any atom is -0.463 e. The van der Waals surface area contributed by atoms with E-state index >= 15 is 0 Å². The molecule has 1 saturated carbocycles. The molecular formula is C28H30N4O4S. The van der Waals surface area contributed by atoms with E-state index in [1.165, 1.54) is 0 Å². The molecule has 8 nitrogen and oxygen atoms in total. The number of fused-ring (bicyclic) bond motifs is 1. The Morgan fingerprint density at radius 1 is 1.19 bits per heavy atom. The number of thiazole rings is 1. The van der Waals surface area contributed by atoms with Crippen molar-refractivity contribution in [3.8, 4) is 16.3 Å². The number of carbonyl (C=O) groups excluding carboxylic acids is 2. The molecule has 0 spiro atoms. The van der Waals surface area contributed by atoms with Crippen LogP contribution >= 0.6 is 11.3 Å². The van der Waals surface area contributed by atoms with Gasteiger partial charge in [0, 0.05) is 44.2 Å². The van der Waals surface area contributed by atoms with E-state index in [0.29, 0.717) is 36.2 Å². The van der Waals surface area contributed by atoms with Crippen molar-refractivity contribution in [2.45, 2.75) is 51.0 Å². The Morgan fingerprint density at radius 3 is 2.84 bits per heavy atom. The summed E-state index contributed by atoms with van der Waals surface area (Å²) in [6.45, 7) is 3.04. The second-order valence-corrected chi connectivity index (χ2v) is 11.0. The Bertz CT molecular complexity index is 1460. The van der Waals surface area contributed by atoms with Gasteiger partial charge in [0.05, 0.1) is 21.7 Å². The number of ether oxygens (including phenoxy) is 1. The molecule has 1 atom stereocenters. The third kappa shape index (κ3) is 4.75. The van der Waals surface area contributed by atoms with Crippen molar-refractivity contribution in [1.82, 2.24) is 19.8 Å². The number of benzene rings is 1. The van der Waals surface area contributed by atoms with Crippen LogP contribution in [0.15, 0.2) is 47.1 Å². The molecule has 1 aromatic carbocycles. The third-order valence-electron chi connectivity index (χ3n) is 7.24. The van der Waals surface area contributed by atoms with Gasteiger partial charge in [0.2, 0.25) is 5.88 Å². The van der Waals surface area contributed by atoms with Crippen molar-refractivity contribution in [2.75, 3.05) is 13.1 Å². The number of rotatable bonds is 6. The molecule has 37 heavy (non-hydrogen) atoms. The summed E-state index contributed by atoms with van der Waals surface area (Å²) >= 11 is 1.65. The predicted molar refractivity (Wildman–Crippen MR) is 142 cm³/mol. The Labute approximate surface area is 219 Å². The second kappa shape index (κ2) is 9.70. The monoisotopic (exact) mass is 518 g/mol. The van der Waals surface area contributed by atoms with E-state index in [0.717, 1.165) is 58.6 Å². The quantitative estimate of drug-likeness (QED) is 0.345. The van der Waals surface area contributed by atoms with Crippen molar-refractivity contribution in [2.24, 2.45) is 7.05 Å². The maximum atomic E-state index is 13.9. The van der Waals surface area contributed by atoms with E-state index in [1.807, 2.05) is 24.1 Å². The molecule has 9 heteroatoms. The number of aromatic nitrogens is 2. The SMILES string of the molecule is Cc1cccc(-c2sc(C3CC3)nc2C(=O)N2CCCC[C@H]2CNC(=O)Oc2cc3occc3n2C)c1. The molecule has 4 heterocycles. The summed E-state index contributed by atoms with van der Waals surface area (Å²) < 4.78 is 12.7. The molecule has 0 bridgehead atoms. The zero-order valence-electron chi connectivity index (χ0n) is 21.0. The lowest BCUT2D eigenvalue weighted by molar-refractivity contribution is 0.0606. The minimum atomic E-state index is -0.550. The van der Waals surface area contributed by atoms with E-state index in [-0.39, 0.29) is 11.9 Å². The third-order valence-corrected chi connectivity index (χ3v) is 8.51. The van der Waals surface area contributed by atoms with Crippen LogP contribution in [0.5, 0.6) is 5.88 Å². The number of furan rings is 1. The number of aryl methyl sites for hydroxylation is 2. The van der Waals surface area contributed by atoms with Crippen LogP contribution in [-0.2, 0) is 7.05 Å². The predicted octanol–water partition coefficient (Wildman–Crippen LogP) is 5.86. The molecule has 0 radical (unpaired) electrons. The van der Waals surface area contributed by atoms with Crippen LogP contribution < -0.4 is 10.1 Å². The lowest BCUT2D eigenvalue weighted by atomic mass is 10.0. The first kappa shape index (κ1) is 23.8. The van der Waals surface area contributed by atoms with Gasteiger partial charge in [0.15, 0.2) is 5.58 Å². The van der Waals surface area contributed by atoms with Gasteiger partial charge in [0.25, 0.3) is 5.91 Å². The van der Waals surface area contributed by atoms with Gasteiger partial charge < -0.3 is 23.9 Å². The van der Waals surface area contributed by atoms with Crippen LogP contribution in [0.2, 0.25) is 0 Å². The number of hydrogen-bond donors (Lipinski definition) is 1. The van der Waals surface area contributed by atoms with Gasteiger partial charge in [-0.1, -0.05) is 29.8 Å². The Morgan fingerprint density at radius 2 is 2.05 bits per heavy atom. The summed E-state index contributed by atoms with van der Waals surface area (Å²) in [6.07, 6.45) is 6.10. The van der Waals surface area contributed by atoms with Gasteiger partial charge in [-0.25, -0.2) is 9.78 Å². The number of hydrogen-bond acceptors (Lipinski definition) is 6. The van der Waals surface area contributed by atoms with Crippen molar-refractivity contribution in [1.29, 1.82) is 0 Å². The largest absolute Gasteiger partial charge is 0.463 e. The van der Waals surface area contributed by atoms with Crippen LogP contribution in [0.3, 0.4) is 0 Å². The summed E-state index contributed by atoms with van der Waals surface area (Å²) in [7, 11) is 1.82. The molecule has 2 aliphatic rings. The lowest BCUT2D eigenvalue weighted by Gasteiger charge is -2.35. The average Bonchev–Trinajstić information content (AvgIpc) is 3.36. The molecular weight excluding hydrogens is 488 g/mol. The highest BCUT2D eigenvalue weighted by atomic mass is 32.1. The normalized spacial score (nSPS) is 17.8. The van der Waals surface area contributed by atoms with Crippen LogP contribution in [0.25, 0.3) is 21.5 Å². The van der Waals surface area contributed by atoms with E-state index in [4.69, 9.17) is 14.1 Å². The maximum absolute atomic E-state index is 13.9. The summed E-state index contributed by atoms with van der Waals surface area (Å²) in [5.41, 5.74) is 4.24. The van der Waals surface area contributed by atoms with E-state index in [9.17, 15) is 9.59 Å². The molecule has 0 unspecified atom stereocenters. The van der Waals surface area contributed by atoms with E-state index in [1.54, 1.807) is 28.2 Å². The number of carbonyl (C=O) groups is 2. The number of likely N-dealkylation sites (tertiary alicyclic amines) is 1. The summed E-state index contributed by atoms with van der Waals surface area (Å²) in [4.78, 5) is 34.2. The molecule has 192 valence electrons. The smallest absolute Gasteiger partial charge is 0.413 e. The summed E-state index contributed by atoms with van der Waals surface area (Å²) in [5, 5.41) is 3.93. The minimum absolute atomic E-state index is 0.0534. The molecule has 2 fully saturated rings. The fourth-order valence-corrected chi connectivity index (χ4v) is 6.26. The molecule has 1 saturated heterocycles. The lowest BCUT2D eigenvalue weighted by Crippen LogP contribution is -2.50. The molecule has 6 rings (SSSR count). The van der Waals surface area contributed by atoms with Crippen LogP contribution in [-0.4, -0.2) is 45.6 Å². The molecule has 1 aliphatic carbocycles. The molecule has 4 aromatic rings. The van der Waals surface area contributed by atoms with Gasteiger partial charge >= 0.3 is 6.09 Å². The van der Waals surface area contributed by atoms with Crippen molar-refractivity contribution in [3.05, 3.63) is 58.9 Å². The topological polar surface area (TPSA) is 89.6 Å². The first-order valence-electron chi connectivity index (χ1n) is 12.9. The highest BCUT2D eigenvalue weighted by molar-refractivity contribution is 7.15. The van der Waals surface area contributed by atoms with Gasteiger partial charge in [0.1, 0.15) is 5.69 Å².